The zero-order valence-electron chi connectivity index (χ0n) is 16.0. The predicted octanol–water partition coefficient (Wildman–Crippen LogP) is 4.65. The number of para-hydroxylation sites is 1. The van der Waals surface area contributed by atoms with E-state index in [4.69, 9.17) is 14.2 Å². The lowest BCUT2D eigenvalue weighted by Crippen LogP contribution is -2.06. The molecule has 5 nitrogen and oxygen atoms in total. The molecular formula is C22H23NO4. The average molecular weight is 365 g/mol. The summed E-state index contributed by atoms with van der Waals surface area (Å²) in [5.41, 5.74) is 4.02. The molecule has 0 amide bonds. The largest absolute Gasteiger partial charge is 0.497 e. The number of hydrogen-bond donors (Lipinski definition) is 0. The van der Waals surface area contributed by atoms with Crippen molar-refractivity contribution in [3.05, 3.63) is 65.9 Å². The van der Waals surface area contributed by atoms with Crippen molar-refractivity contribution in [2.24, 2.45) is 0 Å². The fourth-order valence-corrected chi connectivity index (χ4v) is 3.14. The molecule has 3 aromatic rings. The molecule has 0 unspecified atom stereocenters. The monoisotopic (exact) mass is 365 g/mol. The smallest absolute Gasteiger partial charge is 0.339 e. The molecule has 0 N–H and O–H groups in total. The second-order valence-corrected chi connectivity index (χ2v) is 5.99. The number of ether oxygens (including phenoxy) is 3. The minimum Gasteiger partial charge on any atom is -0.497 e. The zero-order valence-corrected chi connectivity index (χ0v) is 16.0. The van der Waals surface area contributed by atoms with Crippen molar-refractivity contribution in [2.75, 3.05) is 20.8 Å². The number of benzene rings is 2. The Balaban J connectivity index is 2.26. The van der Waals surface area contributed by atoms with E-state index in [1.54, 1.807) is 21.1 Å². The van der Waals surface area contributed by atoms with E-state index in [2.05, 4.69) is 0 Å². The van der Waals surface area contributed by atoms with Gasteiger partial charge in [0.25, 0.3) is 0 Å². The molecule has 0 saturated heterocycles. The summed E-state index contributed by atoms with van der Waals surface area (Å²) in [7, 11) is 3.23. The maximum Gasteiger partial charge on any atom is 0.339 e. The van der Waals surface area contributed by atoms with Gasteiger partial charge in [0.15, 0.2) is 0 Å². The highest BCUT2D eigenvalue weighted by Gasteiger charge is 2.22. The molecule has 1 heterocycles. The number of methoxy groups -OCH3 is 2. The maximum atomic E-state index is 12.5. The first-order chi connectivity index (χ1) is 13.1. The van der Waals surface area contributed by atoms with Gasteiger partial charge >= 0.3 is 5.97 Å². The van der Waals surface area contributed by atoms with E-state index in [1.165, 1.54) is 0 Å². The minimum atomic E-state index is -0.335. The first-order valence-electron chi connectivity index (χ1n) is 8.78. The zero-order chi connectivity index (χ0) is 19.4. The van der Waals surface area contributed by atoms with E-state index >= 15 is 0 Å². The Morgan fingerprint density at radius 3 is 2.37 bits per heavy atom. The van der Waals surface area contributed by atoms with Gasteiger partial charge in [0.1, 0.15) is 11.5 Å². The van der Waals surface area contributed by atoms with Gasteiger partial charge in [0, 0.05) is 23.0 Å². The van der Waals surface area contributed by atoms with Crippen molar-refractivity contribution < 1.29 is 19.0 Å². The first kappa shape index (κ1) is 18.6. The molecule has 0 atom stereocenters. The third-order valence-corrected chi connectivity index (χ3v) is 4.44. The molecule has 0 bridgehead atoms. The van der Waals surface area contributed by atoms with Crippen LogP contribution in [0.1, 0.15) is 23.0 Å². The maximum absolute atomic E-state index is 12.5. The van der Waals surface area contributed by atoms with Gasteiger partial charge in [-0.25, -0.2) is 4.79 Å². The molecule has 1 aromatic heterocycles. The molecule has 5 heteroatoms. The Morgan fingerprint density at radius 2 is 1.74 bits per heavy atom. The average Bonchev–Trinajstić information content (AvgIpc) is 3.05. The van der Waals surface area contributed by atoms with Crippen LogP contribution in [0.25, 0.3) is 16.9 Å². The summed E-state index contributed by atoms with van der Waals surface area (Å²) in [6.07, 6.45) is 0. The number of carbonyl (C=O) groups is 1. The van der Waals surface area contributed by atoms with Gasteiger partial charge in [-0.1, -0.05) is 18.2 Å². The lowest BCUT2D eigenvalue weighted by Gasteiger charge is -2.15. The number of hydrogen-bond acceptors (Lipinski definition) is 4. The quantitative estimate of drug-likeness (QED) is 0.597. The summed E-state index contributed by atoms with van der Waals surface area (Å²) in [6.45, 7) is 4.05. The van der Waals surface area contributed by atoms with Crippen LogP contribution in [0.4, 0.5) is 0 Å². The molecule has 0 radical (unpaired) electrons. The fraction of sp³-hybridized carbons (Fsp3) is 0.227. The molecule has 0 saturated carbocycles. The Morgan fingerprint density at radius 1 is 1.00 bits per heavy atom. The van der Waals surface area contributed by atoms with Crippen LogP contribution in [0.15, 0.2) is 54.6 Å². The molecule has 0 aliphatic heterocycles. The summed E-state index contributed by atoms with van der Waals surface area (Å²) in [6, 6.07) is 17.4. The van der Waals surface area contributed by atoms with Crippen LogP contribution in [0.5, 0.6) is 11.5 Å². The summed E-state index contributed by atoms with van der Waals surface area (Å²) in [5.74, 6) is 1.04. The van der Waals surface area contributed by atoms with E-state index in [0.29, 0.717) is 23.7 Å². The molecular weight excluding hydrogens is 342 g/mol. The number of nitrogens with zero attached hydrogens (tertiary/aromatic N) is 1. The molecule has 3 rings (SSSR count). The first-order valence-corrected chi connectivity index (χ1v) is 8.78. The fourth-order valence-electron chi connectivity index (χ4n) is 3.14. The summed E-state index contributed by atoms with van der Waals surface area (Å²) in [5, 5.41) is 0. The predicted molar refractivity (Wildman–Crippen MR) is 105 cm³/mol. The van der Waals surface area contributed by atoms with Crippen LogP contribution < -0.4 is 9.47 Å². The Hall–Kier alpha value is -3.21. The van der Waals surface area contributed by atoms with Gasteiger partial charge in [-0.3, -0.25) is 0 Å². The normalized spacial score (nSPS) is 10.5. The van der Waals surface area contributed by atoms with Crippen molar-refractivity contribution in [2.45, 2.75) is 13.8 Å². The highest BCUT2D eigenvalue weighted by Crippen LogP contribution is 2.37. The Labute approximate surface area is 159 Å². The van der Waals surface area contributed by atoms with Crippen molar-refractivity contribution in [3.8, 4) is 28.4 Å². The lowest BCUT2D eigenvalue weighted by atomic mass is 10.1. The summed E-state index contributed by atoms with van der Waals surface area (Å²) < 4.78 is 18.2. The topological polar surface area (TPSA) is 49.7 Å². The highest BCUT2D eigenvalue weighted by atomic mass is 16.5. The lowest BCUT2D eigenvalue weighted by molar-refractivity contribution is 0.0525. The number of aromatic nitrogens is 1. The minimum absolute atomic E-state index is 0.329. The molecule has 0 fully saturated rings. The number of carbonyl (C=O) groups excluding carboxylic acids is 1. The number of rotatable bonds is 6. The number of esters is 1. The van der Waals surface area contributed by atoms with Crippen LogP contribution in [0.3, 0.4) is 0 Å². The molecule has 27 heavy (non-hydrogen) atoms. The molecule has 0 aliphatic carbocycles. The van der Waals surface area contributed by atoms with E-state index in [9.17, 15) is 4.79 Å². The Kier molecular flexibility index (Phi) is 5.50. The van der Waals surface area contributed by atoms with Crippen molar-refractivity contribution in [1.82, 2.24) is 4.57 Å². The van der Waals surface area contributed by atoms with Gasteiger partial charge in [0.2, 0.25) is 0 Å². The van der Waals surface area contributed by atoms with Gasteiger partial charge in [-0.15, -0.1) is 0 Å². The van der Waals surface area contributed by atoms with Crippen LogP contribution >= 0.6 is 0 Å². The third kappa shape index (κ3) is 3.53. The van der Waals surface area contributed by atoms with Crippen LogP contribution in [0, 0.1) is 6.92 Å². The van der Waals surface area contributed by atoms with Crippen molar-refractivity contribution in [3.63, 3.8) is 0 Å². The van der Waals surface area contributed by atoms with Gasteiger partial charge < -0.3 is 18.8 Å². The van der Waals surface area contributed by atoms with E-state index in [1.807, 2.05) is 66.1 Å². The third-order valence-electron chi connectivity index (χ3n) is 4.44. The molecule has 2 aromatic carbocycles. The van der Waals surface area contributed by atoms with Crippen molar-refractivity contribution >= 4 is 5.97 Å². The summed E-state index contributed by atoms with van der Waals surface area (Å²) >= 11 is 0. The van der Waals surface area contributed by atoms with Crippen LogP contribution in [0.2, 0.25) is 0 Å². The van der Waals surface area contributed by atoms with Gasteiger partial charge in [-0.05, 0) is 44.2 Å². The van der Waals surface area contributed by atoms with E-state index < -0.39 is 0 Å². The van der Waals surface area contributed by atoms with E-state index in [0.717, 1.165) is 22.6 Å². The second-order valence-electron chi connectivity index (χ2n) is 5.99. The standard InChI is InChI=1S/C22H23NO4/c1-5-27-22(24)19-14-20(18-12-11-17(25-3)13-21(18)26-4)23(15(19)2)16-9-7-6-8-10-16/h6-14H,5H2,1-4H3. The molecule has 140 valence electrons. The van der Waals surface area contributed by atoms with Gasteiger partial charge in [-0.2, -0.15) is 0 Å². The SMILES string of the molecule is CCOC(=O)c1cc(-c2ccc(OC)cc2OC)n(-c2ccccc2)c1C. The molecule has 0 aliphatic rings. The van der Waals surface area contributed by atoms with Crippen molar-refractivity contribution in [1.29, 1.82) is 0 Å². The Bertz CT molecular complexity index is 944. The highest BCUT2D eigenvalue weighted by molar-refractivity contribution is 5.93. The second kappa shape index (κ2) is 7.99. The van der Waals surface area contributed by atoms with Gasteiger partial charge in [0.05, 0.1) is 32.1 Å². The van der Waals surface area contributed by atoms with E-state index in [-0.39, 0.29) is 5.97 Å². The van der Waals surface area contributed by atoms with Crippen LogP contribution in [-0.2, 0) is 4.74 Å². The summed E-state index contributed by atoms with van der Waals surface area (Å²) in [4.78, 5) is 12.5. The van der Waals surface area contributed by atoms with Crippen LogP contribution in [-0.4, -0.2) is 31.4 Å². The molecule has 0 spiro atoms.